The van der Waals surface area contributed by atoms with Gasteiger partial charge in [-0.3, -0.25) is 14.4 Å². The van der Waals surface area contributed by atoms with Gasteiger partial charge in [-0.1, -0.05) is 11.6 Å². The summed E-state index contributed by atoms with van der Waals surface area (Å²) in [7, 11) is 3.20. The maximum Gasteiger partial charge on any atom is 0.317 e. The number of rotatable bonds is 5. The Morgan fingerprint density at radius 2 is 2.10 bits per heavy atom. The summed E-state index contributed by atoms with van der Waals surface area (Å²) in [5.74, 6) is -2.09. The number of amides is 1. The summed E-state index contributed by atoms with van der Waals surface area (Å²) in [5.41, 5.74) is 0.156. The molecule has 2 saturated heterocycles. The van der Waals surface area contributed by atoms with Gasteiger partial charge in [0.05, 0.1) is 32.5 Å². The molecule has 1 unspecified atom stereocenters. The largest absolute Gasteiger partial charge is 0.461 e. The second kappa shape index (κ2) is 10.4. The first-order chi connectivity index (χ1) is 19.1. The molecule has 0 saturated carbocycles. The standard InChI is InChI=1S/C26H28BrClF3N7O2/c1-36(2)24(39)21-17(28)23-22(32-6-4-8-38(23)35-21)20-14-9-15(30)16(27)18(31)19(14)33-25(34-20)40-12-26-5-3-7-37(26)11-13(29)10-26/h9,13,22,32H,3-8,10-12H2,1-2H3/t13-,22?,26+/m1/s1. The van der Waals surface area contributed by atoms with E-state index >= 15 is 4.39 Å². The molecule has 1 N–H and O–H groups in total. The molecule has 3 atom stereocenters. The summed E-state index contributed by atoms with van der Waals surface area (Å²) in [6, 6.07) is 0.277. The zero-order chi connectivity index (χ0) is 28.3. The highest BCUT2D eigenvalue weighted by molar-refractivity contribution is 9.10. The first-order valence-electron chi connectivity index (χ1n) is 13.2. The van der Waals surface area contributed by atoms with Crippen molar-refractivity contribution in [1.29, 1.82) is 0 Å². The molecule has 1 amide bonds. The number of fused-ring (bicyclic) bond motifs is 3. The molecular formula is C26H28BrClF3N7O2. The molecule has 2 fully saturated rings. The van der Waals surface area contributed by atoms with Crippen molar-refractivity contribution in [3.63, 3.8) is 0 Å². The Labute approximate surface area is 242 Å². The summed E-state index contributed by atoms with van der Waals surface area (Å²) in [6.07, 6.45) is 1.79. The quantitative estimate of drug-likeness (QED) is 0.417. The van der Waals surface area contributed by atoms with E-state index in [1.807, 2.05) is 0 Å². The third-order valence-electron chi connectivity index (χ3n) is 8.05. The average Bonchev–Trinajstić information content (AvgIpc) is 3.49. The van der Waals surface area contributed by atoms with E-state index in [2.05, 4.69) is 41.2 Å². The number of hydrogen-bond acceptors (Lipinski definition) is 7. The zero-order valence-electron chi connectivity index (χ0n) is 22.0. The number of nitrogens with zero attached hydrogens (tertiary/aromatic N) is 6. The van der Waals surface area contributed by atoms with Gasteiger partial charge in [-0.2, -0.15) is 15.1 Å². The van der Waals surface area contributed by atoms with E-state index in [9.17, 15) is 13.6 Å². The molecule has 9 nitrogen and oxygen atoms in total. The molecule has 214 valence electrons. The van der Waals surface area contributed by atoms with Crippen molar-refractivity contribution >= 4 is 44.3 Å². The molecule has 40 heavy (non-hydrogen) atoms. The van der Waals surface area contributed by atoms with Crippen molar-refractivity contribution in [2.75, 3.05) is 40.3 Å². The molecule has 0 spiro atoms. The van der Waals surface area contributed by atoms with E-state index in [-0.39, 0.29) is 50.3 Å². The Hall–Kier alpha value is -2.48. The highest BCUT2D eigenvalue weighted by Gasteiger charge is 2.49. The van der Waals surface area contributed by atoms with Crippen molar-refractivity contribution in [1.82, 2.24) is 34.9 Å². The number of halogens is 5. The van der Waals surface area contributed by atoms with Gasteiger partial charge in [-0.05, 0) is 54.3 Å². The van der Waals surface area contributed by atoms with E-state index < -0.39 is 29.4 Å². The molecular weight excluding hydrogens is 615 g/mol. The number of carbonyl (C=O) groups excluding carboxylic acids is 1. The minimum absolute atomic E-state index is 0.0766. The Bertz CT molecular complexity index is 1510. The monoisotopic (exact) mass is 641 g/mol. The summed E-state index contributed by atoms with van der Waals surface area (Å²) in [4.78, 5) is 25.2. The van der Waals surface area contributed by atoms with Gasteiger partial charge in [0.15, 0.2) is 11.5 Å². The fraction of sp³-hybridized carbons (Fsp3) is 0.538. The van der Waals surface area contributed by atoms with Crippen LogP contribution in [0.5, 0.6) is 6.01 Å². The minimum atomic E-state index is -0.940. The number of aryl methyl sites for hydroxylation is 1. The second-order valence-corrected chi connectivity index (χ2v) is 12.0. The van der Waals surface area contributed by atoms with Gasteiger partial charge in [0, 0.05) is 39.0 Å². The lowest BCUT2D eigenvalue weighted by atomic mass is 9.95. The minimum Gasteiger partial charge on any atom is -0.461 e. The Balaban J connectivity index is 1.48. The van der Waals surface area contributed by atoms with Crippen LogP contribution in [-0.2, 0) is 6.54 Å². The maximum absolute atomic E-state index is 15.4. The average molecular weight is 643 g/mol. The second-order valence-electron chi connectivity index (χ2n) is 10.8. The van der Waals surface area contributed by atoms with Crippen molar-refractivity contribution in [3.8, 4) is 6.01 Å². The van der Waals surface area contributed by atoms with E-state index in [4.69, 9.17) is 16.3 Å². The molecule has 1 aromatic carbocycles. The third kappa shape index (κ3) is 4.54. The van der Waals surface area contributed by atoms with Crippen molar-refractivity contribution in [2.45, 2.75) is 50.0 Å². The van der Waals surface area contributed by atoms with Crippen LogP contribution < -0.4 is 10.1 Å². The Kier molecular flexibility index (Phi) is 7.21. The lowest BCUT2D eigenvalue weighted by molar-refractivity contribution is 0.0821. The Morgan fingerprint density at radius 1 is 1.30 bits per heavy atom. The SMILES string of the molecule is CN(C)C(=O)c1nn2c(c1Cl)C(c1nc(OC[C@@]34CCCN3C[C@H](F)C4)nc3c(F)c(Br)c(F)cc13)NCCC2. The molecule has 0 aliphatic carbocycles. The van der Waals surface area contributed by atoms with Crippen LogP contribution in [-0.4, -0.2) is 87.5 Å². The summed E-state index contributed by atoms with van der Waals surface area (Å²) in [6.45, 7) is 2.29. The van der Waals surface area contributed by atoms with Gasteiger partial charge in [0.2, 0.25) is 0 Å². The molecule has 0 bridgehead atoms. The molecule has 2 aromatic heterocycles. The highest BCUT2D eigenvalue weighted by atomic mass is 79.9. The van der Waals surface area contributed by atoms with E-state index in [0.717, 1.165) is 25.5 Å². The number of benzene rings is 1. The number of nitrogens with one attached hydrogen (secondary N) is 1. The zero-order valence-corrected chi connectivity index (χ0v) is 24.3. The number of carbonyl (C=O) groups is 1. The predicted octanol–water partition coefficient (Wildman–Crippen LogP) is 4.26. The fourth-order valence-electron chi connectivity index (χ4n) is 6.15. The van der Waals surface area contributed by atoms with E-state index in [1.165, 1.54) is 4.90 Å². The van der Waals surface area contributed by atoms with Crippen LogP contribution in [0.4, 0.5) is 13.2 Å². The first-order valence-corrected chi connectivity index (χ1v) is 14.3. The number of ether oxygens (including phenoxy) is 1. The van der Waals surface area contributed by atoms with Gasteiger partial charge in [-0.25, -0.2) is 13.2 Å². The maximum atomic E-state index is 15.4. The van der Waals surface area contributed by atoms with Crippen LogP contribution in [0.1, 0.15) is 53.6 Å². The van der Waals surface area contributed by atoms with Crippen LogP contribution in [0, 0.1) is 11.6 Å². The van der Waals surface area contributed by atoms with Crippen molar-refractivity contribution in [3.05, 3.63) is 44.3 Å². The predicted molar refractivity (Wildman–Crippen MR) is 145 cm³/mol. The van der Waals surface area contributed by atoms with Gasteiger partial charge >= 0.3 is 6.01 Å². The molecule has 0 radical (unpaired) electrons. The highest BCUT2D eigenvalue weighted by Crippen LogP contribution is 2.41. The topological polar surface area (TPSA) is 88.4 Å². The van der Waals surface area contributed by atoms with Gasteiger partial charge in [0.1, 0.15) is 24.1 Å². The molecule has 3 aliphatic rings. The normalized spacial score (nSPS) is 24.7. The fourth-order valence-corrected chi connectivity index (χ4v) is 6.78. The van der Waals surface area contributed by atoms with Crippen LogP contribution in [0.15, 0.2) is 10.5 Å². The molecule has 5 heterocycles. The summed E-state index contributed by atoms with van der Waals surface area (Å²) >= 11 is 9.73. The van der Waals surface area contributed by atoms with Crippen LogP contribution in [0.25, 0.3) is 10.9 Å². The first kappa shape index (κ1) is 27.7. The van der Waals surface area contributed by atoms with Crippen molar-refractivity contribution in [2.24, 2.45) is 0 Å². The summed E-state index contributed by atoms with van der Waals surface area (Å²) in [5, 5.41) is 8.08. The number of alkyl halides is 1. The molecule has 3 aliphatic heterocycles. The van der Waals surface area contributed by atoms with Gasteiger partial charge in [-0.15, -0.1) is 0 Å². The molecule has 6 rings (SSSR count). The molecule has 14 heteroatoms. The number of aromatic nitrogens is 4. The lowest BCUT2D eigenvalue weighted by Gasteiger charge is -2.31. The van der Waals surface area contributed by atoms with E-state index in [1.54, 1.807) is 18.8 Å². The number of hydrogen-bond donors (Lipinski definition) is 1. The third-order valence-corrected chi connectivity index (χ3v) is 9.15. The van der Waals surface area contributed by atoms with Crippen molar-refractivity contribution < 1.29 is 22.7 Å². The Morgan fingerprint density at radius 3 is 2.88 bits per heavy atom. The lowest BCUT2D eigenvalue weighted by Crippen LogP contribution is -2.43. The molecule has 3 aromatic rings. The van der Waals surface area contributed by atoms with Crippen LogP contribution >= 0.6 is 27.5 Å². The smallest absolute Gasteiger partial charge is 0.317 e. The van der Waals surface area contributed by atoms with Crippen LogP contribution in [0.3, 0.4) is 0 Å². The van der Waals surface area contributed by atoms with Gasteiger partial charge < -0.3 is 15.0 Å². The van der Waals surface area contributed by atoms with Crippen LogP contribution in [0.2, 0.25) is 5.02 Å². The van der Waals surface area contributed by atoms with E-state index in [0.29, 0.717) is 38.2 Å². The van der Waals surface area contributed by atoms with Gasteiger partial charge in [0.25, 0.3) is 5.91 Å². The summed E-state index contributed by atoms with van der Waals surface area (Å²) < 4.78 is 51.9.